The molecule has 0 spiro atoms. The van der Waals surface area contributed by atoms with Crippen LogP contribution in [-0.4, -0.2) is 32.5 Å². The number of rotatable bonds is 4. The largest absolute Gasteiger partial charge is 0.378 e. The predicted octanol–water partition coefficient (Wildman–Crippen LogP) is 3.54. The smallest absolute Gasteiger partial charge is 0.229 e. The molecule has 1 saturated heterocycles. The summed E-state index contributed by atoms with van der Waals surface area (Å²) < 4.78 is 13.2. The Morgan fingerprint density at radius 2 is 1.92 bits per heavy atom. The van der Waals surface area contributed by atoms with E-state index in [0.29, 0.717) is 12.2 Å². The lowest BCUT2D eigenvalue weighted by molar-refractivity contribution is -0.122. The first kappa shape index (κ1) is 18.2. The van der Waals surface area contributed by atoms with Crippen LogP contribution in [0.1, 0.15) is 6.42 Å². The molecule has 0 aromatic heterocycles. The van der Waals surface area contributed by atoms with Gasteiger partial charge in [-0.2, -0.15) is 0 Å². The minimum Gasteiger partial charge on any atom is -0.378 e. The van der Waals surface area contributed by atoms with Crippen molar-refractivity contribution in [2.75, 3.05) is 35.8 Å². The highest BCUT2D eigenvalue weighted by atomic mass is 35.5. The van der Waals surface area contributed by atoms with Gasteiger partial charge in [0.1, 0.15) is 5.82 Å². The Balaban J connectivity index is 1.68. The maximum absolute atomic E-state index is 13.2. The first-order valence-corrected chi connectivity index (χ1v) is 8.56. The molecule has 1 N–H and O–H groups in total. The number of nitrogens with zero attached hydrogens (tertiary/aromatic N) is 2. The molecule has 1 heterocycles. The second kappa shape index (κ2) is 7.33. The molecule has 26 heavy (non-hydrogen) atoms. The summed E-state index contributed by atoms with van der Waals surface area (Å²) in [5.41, 5.74) is 2.20. The van der Waals surface area contributed by atoms with Gasteiger partial charge in [-0.15, -0.1) is 0 Å². The second-order valence-corrected chi connectivity index (χ2v) is 6.84. The number of carbonyl (C=O) groups is 2. The van der Waals surface area contributed by atoms with E-state index in [1.54, 1.807) is 4.90 Å². The molecule has 1 atom stereocenters. The van der Waals surface area contributed by atoms with Gasteiger partial charge in [-0.1, -0.05) is 11.6 Å². The number of benzene rings is 2. The average molecular weight is 376 g/mol. The summed E-state index contributed by atoms with van der Waals surface area (Å²) in [5.74, 6) is -1.40. The minimum absolute atomic E-state index is 0.0621. The molecule has 0 aliphatic carbocycles. The molecule has 1 aliphatic heterocycles. The van der Waals surface area contributed by atoms with E-state index >= 15 is 0 Å². The Bertz CT molecular complexity index is 839. The van der Waals surface area contributed by atoms with E-state index in [-0.39, 0.29) is 23.3 Å². The Hall–Kier alpha value is -2.60. The molecule has 7 heteroatoms. The number of carbonyl (C=O) groups excluding carboxylic acids is 2. The third kappa shape index (κ3) is 3.80. The van der Waals surface area contributed by atoms with Crippen LogP contribution in [0.3, 0.4) is 0 Å². The van der Waals surface area contributed by atoms with Gasteiger partial charge < -0.3 is 15.1 Å². The zero-order valence-corrected chi connectivity index (χ0v) is 15.3. The monoisotopic (exact) mass is 375 g/mol. The number of halogens is 2. The maximum Gasteiger partial charge on any atom is 0.229 e. The van der Waals surface area contributed by atoms with Crippen molar-refractivity contribution in [3.05, 3.63) is 53.3 Å². The summed E-state index contributed by atoms with van der Waals surface area (Å²) in [6.45, 7) is 0.306. The van der Waals surface area contributed by atoms with Crippen molar-refractivity contribution in [2.24, 2.45) is 5.92 Å². The zero-order valence-electron chi connectivity index (χ0n) is 14.5. The standard InChI is InChI=1S/C19H19ClFN3O2/c1-23(2)14-4-6-15(7-5-14)24-11-12(9-18(24)25)19(26)22-13-3-8-17(21)16(20)10-13/h3-8,10,12H,9,11H2,1-2H3,(H,22,26). The molecule has 5 nitrogen and oxygen atoms in total. The highest BCUT2D eigenvalue weighted by Gasteiger charge is 2.35. The summed E-state index contributed by atoms with van der Waals surface area (Å²) >= 11 is 5.73. The van der Waals surface area contributed by atoms with E-state index in [4.69, 9.17) is 11.6 Å². The van der Waals surface area contributed by atoms with Gasteiger partial charge in [0.15, 0.2) is 0 Å². The predicted molar refractivity (Wildman–Crippen MR) is 101 cm³/mol. The lowest BCUT2D eigenvalue weighted by Crippen LogP contribution is -2.28. The third-order valence-electron chi connectivity index (χ3n) is 4.36. The minimum atomic E-state index is -0.548. The van der Waals surface area contributed by atoms with Crippen LogP contribution in [0.25, 0.3) is 0 Å². The van der Waals surface area contributed by atoms with Gasteiger partial charge in [0.05, 0.1) is 10.9 Å². The molecule has 2 aromatic rings. The lowest BCUT2D eigenvalue weighted by Gasteiger charge is -2.19. The molecular formula is C19H19ClFN3O2. The van der Waals surface area contributed by atoms with Crippen molar-refractivity contribution in [3.63, 3.8) is 0 Å². The van der Waals surface area contributed by atoms with Crippen LogP contribution < -0.4 is 15.1 Å². The molecule has 0 saturated carbocycles. The van der Waals surface area contributed by atoms with Gasteiger partial charge in [0.2, 0.25) is 11.8 Å². The summed E-state index contributed by atoms with van der Waals surface area (Å²) in [4.78, 5) is 28.4. The fourth-order valence-corrected chi connectivity index (χ4v) is 3.06. The molecular weight excluding hydrogens is 357 g/mol. The van der Waals surface area contributed by atoms with Gasteiger partial charge in [0.25, 0.3) is 0 Å². The van der Waals surface area contributed by atoms with Gasteiger partial charge in [0, 0.05) is 44.1 Å². The Kier molecular flexibility index (Phi) is 5.13. The van der Waals surface area contributed by atoms with Crippen LogP contribution in [0.4, 0.5) is 21.5 Å². The van der Waals surface area contributed by atoms with Crippen molar-refractivity contribution in [1.29, 1.82) is 0 Å². The number of hydrogen-bond donors (Lipinski definition) is 1. The van der Waals surface area contributed by atoms with Gasteiger partial charge in [-0.3, -0.25) is 9.59 Å². The first-order chi connectivity index (χ1) is 12.3. The van der Waals surface area contributed by atoms with E-state index in [0.717, 1.165) is 11.4 Å². The molecule has 136 valence electrons. The van der Waals surface area contributed by atoms with Crippen molar-refractivity contribution in [3.8, 4) is 0 Å². The number of nitrogens with one attached hydrogen (secondary N) is 1. The molecule has 2 amide bonds. The van der Waals surface area contributed by atoms with Crippen LogP contribution in [0.2, 0.25) is 5.02 Å². The average Bonchev–Trinajstić information content (AvgIpc) is 3.00. The molecule has 0 bridgehead atoms. The number of amides is 2. The molecule has 3 rings (SSSR count). The summed E-state index contributed by atoms with van der Waals surface area (Å²) in [6.07, 6.45) is 0.135. The van der Waals surface area contributed by atoms with E-state index in [1.807, 2.05) is 43.3 Å². The van der Waals surface area contributed by atoms with Crippen molar-refractivity contribution >= 4 is 40.5 Å². The Labute approximate surface area is 156 Å². The van der Waals surface area contributed by atoms with Crippen LogP contribution in [0.15, 0.2) is 42.5 Å². The van der Waals surface area contributed by atoms with E-state index in [9.17, 15) is 14.0 Å². The molecule has 1 fully saturated rings. The molecule has 1 unspecified atom stereocenters. The summed E-state index contributed by atoms with van der Waals surface area (Å²) in [7, 11) is 3.89. The number of hydrogen-bond acceptors (Lipinski definition) is 3. The van der Waals surface area contributed by atoms with Crippen molar-refractivity contribution in [1.82, 2.24) is 0 Å². The topological polar surface area (TPSA) is 52.6 Å². The van der Waals surface area contributed by atoms with E-state index in [1.165, 1.54) is 18.2 Å². The van der Waals surface area contributed by atoms with Crippen LogP contribution in [0.5, 0.6) is 0 Å². The number of anilines is 3. The highest BCUT2D eigenvalue weighted by molar-refractivity contribution is 6.31. The molecule has 0 radical (unpaired) electrons. The van der Waals surface area contributed by atoms with Gasteiger partial charge in [-0.05, 0) is 42.5 Å². The fraction of sp³-hybridized carbons (Fsp3) is 0.263. The summed E-state index contributed by atoms with van der Waals surface area (Å²) in [6, 6.07) is 11.6. The van der Waals surface area contributed by atoms with Crippen molar-refractivity contribution < 1.29 is 14.0 Å². The zero-order chi connectivity index (χ0) is 18.8. The van der Waals surface area contributed by atoms with Gasteiger partial charge >= 0.3 is 0 Å². The Morgan fingerprint density at radius 3 is 2.54 bits per heavy atom. The highest BCUT2D eigenvalue weighted by Crippen LogP contribution is 2.28. The van der Waals surface area contributed by atoms with Crippen molar-refractivity contribution in [2.45, 2.75) is 6.42 Å². The van der Waals surface area contributed by atoms with Crippen LogP contribution in [0, 0.1) is 11.7 Å². The normalized spacial score (nSPS) is 16.7. The quantitative estimate of drug-likeness (QED) is 0.889. The molecule has 1 aliphatic rings. The van der Waals surface area contributed by atoms with Gasteiger partial charge in [-0.25, -0.2) is 4.39 Å². The summed E-state index contributed by atoms with van der Waals surface area (Å²) in [5, 5.41) is 2.63. The lowest BCUT2D eigenvalue weighted by atomic mass is 10.1. The van der Waals surface area contributed by atoms with Crippen LogP contribution >= 0.6 is 11.6 Å². The molecule has 2 aromatic carbocycles. The van der Waals surface area contributed by atoms with E-state index in [2.05, 4.69) is 5.32 Å². The Morgan fingerprint density at radius 1 is 1.23 bits per heavy atom. The second-order valence-electron chi connectivity index (χ2n) is 6.43. The van der Waals surface area contributed by atoms with Crippen LogP contribution in [-0.2, 0) is 9.59 Å². The first-order valence-electron chi connectivity index (χ1n) is 8.19. The fourth-order valence-electron chi connectivity index (χ4n) is 2.88. The van der Waals surface area contributed by atoms with E-state index < -0.39 is 11.7 Å². The third-order valence-corrected chi connectivity index (χ3v) is 4.65. The SMILES string of the molecule is CN(C)c1ccc(N2CC(C(=O)Nc3ccc(F)c(Cl)c3)CC2=O)cc1. The maximum atomic E-state index is 13.2.